The van der Waals surface area contributed by atoms with E-state index in [4.69, 9.17) is 0 Å². The molecule has 6 aromatic carbocycles. The molecule has 0 radical (unpaired) electrons. The fourth-order valence-corrected chi connectivity index (χ4v) is 6.36. The Balaban J connectivity index is 1.24. The SMILES string of the molecule is C1=CC(N(c2ccc(-c3ccc4ccccc4c3)cc2)c2cccc(-n3c4ccccc4c4ccccc43)c2)=CCC1. The minimum atomic E-state index is 1.05. The molecule has 2 heteroatoms. The summed E-state index contributed by atoms with van der Waals surface area (Å²) >= 11 is 0. The molecule has 0 N–H and O–H groups in total. The molecule has 0 saturated carbocycles. The summed E-state index contributed by atoms with van der Waals surface area (Å²) in [6, 6.07) is 50.6. The van der Waals surface area contributed by atoms with E-state index in [-0.39, 0.29) is 0 Å². The summed E-state index contributed by atoms with van der Waals surface area (Å²) < 4.78 is 2.39. The molecular formula is C40H30N2. The van der Waals surface area contributed by atoms with Crippen molar-refractivity contribution < 1.29 is 0 Å². The highest BCUT2D eigenvalue weighted by Crippen LogP contribution is 2.37. The van der Waals surface area contributed by atoms with Gasteiger partial charge >= 0.3 is 0 Å². The Hall–Kier alpha value is -5.34. The van der Waals surface area contributed by atoms with E-state index in [2.05, 4.69) is 167 Å². The zero-order valence-electron chi connectivity index (χ0n) is 23.3. The maximum atomic E-state index is 2.39. The number of nitrogens with zero attached hydrogens (tertiary/aromatic N) is 2. The van der Waals surface area contributed by atoms with Crippen LogP contribution in [0.15, 0.2) is 163 Å². The van der Waals surface area contributed by atoms with Crippen molar-refractivity contribution in [2.75, 3.05) is 4.90 Å². The van der Waals surface area contributed by atoms with Crippen LogP contribution in [-0.4, -0.2) is 4.57 Å². The maximum absolute atomic E-state index is 2.39. The molecule has 0 amide bonds. The number of aromatic nitrogens is 1. The largest absolute Gasteiger partial charge is 0.311 e. The minimum Gasteiger partial charge on any atom is -0.311 e. The minimum absolute atomic E-state index is 1.05. The van der Waals surface area contributed by atoms with Gasteiger partial charge in [-0.2, -0.15) is 0 Å². The van der Waals surface area contributed by atoms with E-state index in [0.717, 1.165) is 29.9 Å². The fourth-order valence-electron chi connectivity index (χ4n) is 6.36. The average molecular weight is 539 g/mol. The molecule has 2 nitrogen and oxygen atoms in total. The van der Waals surface area contributed by atoms with Crippen molar-refractivity contribution in [1.82, 2.24) is 4.57 Å². The molecule has 0 saturated heterocycles. The molecule has 1 aliphatic rings. The van der Waals surface area contributed by atoms with Gasteiger partial charge in [-0.3, -0.25) is 0 Å². The predicted octanol–water partition coefficient (Wildman–Crippen LogP) is 11.0. The predicted molar refractivity (Wildman–Crippen MR) is 179 cm³/mol. The maximum Gasteiger partial charge on any atom is 0.0541 e. The van der Waals surface area contributed by atoms with Crippen molar-refractivity contribution in [2.24, 2.45) is 0 Å². The van der Waals surface area contributed by atoms with Gasteiger partial charge in [0.25, 0.3) is 0 Å². The Bertz CT molecular complexity index is 2090. The van der Waals surface area contributed by atoms with E-state index in [1.165, 1.54) is 49.4 Å². The monoisotopic (exact) mass is 538 g/mol. The average Bonchev–Trinajstić information content (AvgIpc) is 3.40. The molecular weight excluding hydrogens is 508 g/mol. The summed E-state index contributed by atoms with van der Waals surface area (Å²) in [5, 5.41) is 5.08. The van der Waals surface area contributed by atoms with Gasteiger partial charge in [-0.1, -0.05) is 103 Å². The van der Waals surface area contributed by atoms with Crippen LogP contribution in [0.3, 0.4) is 0 Å². The van der Waals surface area contributed by atoms with E-state index in [1.54, 1.807) is 0 Å². The van der Waals surface area contributed by atoms with E-state index in [9.17, 15) is 0 Å². The number of allylic oxidation sites excluding steroid dienone is 3. The van der Waals surface area contributed by atoms with Crippen LogP contribution in [-0.2, 0) is 0 Å². The molecule has 0 spiro atoms. The first kappa shape index (κ1) is 24.5. The molecule has 0 fully saturated rings. The highest BCUT2D eigenvalue weighted by Gasteiger charge is 2.17. The van der Waals surface area contributed by atoms with E-state index in [1.807, 2.05) is 0 Å². The first-order chi connectivity index (χ1) is 20.8. The summed E-state index contributed by atoms with van der Waals surface area (Å²) in [5.41, 5.74) is 9.55. The molecule has 1 aromatic heterocycles. The molecule has 0 unspecified atom stereocenters. The van der Waals surface area contributed by atoms with Crippen LogP contribution in [0, 0.1) is 0 Å². The first-order valence-electron chi connectivity index (χ1n) is 14.7. The van der Waals surface area contributed by atoms with Crippen molar-refractivity contribution in [3.63, 3.8) is 0 Å². The van der Waals surface area contributed by atoms with Crippen LogP contribution >= 0.6 is 0 Å². The van der Waals surface area contributed by atoms with Crippen LogP contribution in [0.1, 0.15) is 12.8 Å². The Morgan fingerprint density at radius 1 is 0.500 bits per heavy atom. The van der Waals surface area contributed by atoms with Crippen molar-refractivity contribution in [2.45, 2.75) is 12.8 Å². The number of para-hydroxylation sites is 2. The lowest BCUT2D eigenvalue weighted by atomic mass is 10.0. The molecule has 1 heterocycles. The fraction of sp³-hybridized carbons (Fsp3) is 0.0500. The lowest BCUT2D eigenvalue weighted by Crippen LogP contribution is -2.16. The highest BCUT2D eigenvalue weighted by molar-refractivity contribution is 6.09. The van der Waals surface area contributed by atoms with Crippen LogP contribution in [0.5, 0.6) is 0 Å². The van der Waals surface area contributed by atoms with Crippen LogP contribution < -0.4 is 4.90 Å². The topological polar surface area (TPSA) is 8.17 Å². The third kappa shape index (κ3) is 4.20. The Kier molecular flexibility index (Phi) is 5.97. The summed E-state index contributed by atoms with van der Waals surface area (Å²) in [5.74, 6) is 0. The van der Waals surface area contributed by atoms with Gasteiger partial charge in [0.1, 0.15) is 0 Å². The first-order valence-corrected chi connectivity index (χ1v) is 14.7. The number of anilines is 2. The lowest BCUT2D eigenvalue weighted by Gasteiger charge is -2.28. The Labute approximate surface area is 246 Å². The summed E-state index contributed by atoms with van der Waals surface area (Å²) in [6.45, 7) is 0. The van der Waals surface area contributed by atoms with Gasteiger partial charge in [-0.15, -0.1) is 0 Å². The smallest absolute Gasteiger partial charge is 0.0541 e. The second-order valence-electron chi connectivity index (χ2n) is 10.9. The van der Waals surface area contributed by atoms with Crippen molar-refractivity contribution in [3.05, 3.63) is 163 Å². The molecule has 0 atom stereocenters. The molecule has 42 heavy (non-hydrogen) atoms. The quantitative estimate of drug-likeness (QED) is 0.212. The highest BCUT2D eigenvalue weighted by atomic mass is 15.1. The van der Waals surface area contributed by atoms with Crippen LogP contribution in [0.4, 0.5) is 11.4 Å². The Morgan fingerprint density at radius 2 is 1.19 bits per heavy atom. The zero-order valence-corrected chi connectivity index (χ0v) is 23.3. The summed E-state index contributed by atoms with van der Waals surface area (Å²) in [6.07, 6.45) is 9.02. The second kappa shape index (κ2) is 10.2. The zero-order chi connectivity index (χ0) is 27.9. The molecule has 200 valence electrons. The van der Waals surface area contributed by atoms with E-state index >= 15 is 0 Å². The third-order valence-corrected chi connectivity index (χ3v) is 8.37. The van der Waals surface area contributed by atoms with Gasteiger partial charge in [0.15, 0.2) is 0 Å². The molecule has 1 aliphatic carbocycles. The normalized spacial score (nSPS) is 13.1. The van der Waals surface area contributed by atoms with E-state index in [0.29, 0.717) is 0 Å². The van der Waals surface area contributed by atoms with Crippen LogP contribution in [0.25, 0.3) is 49.4 Å². The standard InChI is InChI=1S/C40H30N2/c1-2-13-33(14-3-1)41(34-25-23-30(24-26-34)32-22-21-29-11-4-5-12-31(29)27-32)35-15-10-16-36(28-35)42-39-19-8-6-17-37(39)38-18-7-9-20-40(38)42/h2,4-28H,1,3H2. The number of fused-ring (bicyclic) bond motifs is 4. The summed E-state index contributed by atoms with van der Waals surface area (Å²) in [4.78, 5) is 2.39. The van der Waals surface area contributed by atoms with Crippen molar-refractivity contribution in [1.29, 1.82) is 0 Å². The van der Waals surface area contributed by atoms with Gasteiger partial charge in [0.05, 0.1) is 11.0 Å². The lowest BCUT2D eigenvalue weighted by molar-refractivity contribution is 0.996. The van der Waals surface area contributed by atoms with Crippen molar-refractivity contribution in [3.8, 4) is 16.8 Å². The van der Waals surface area contributed by atoms with Crippen LogP contribution in [0.2, 0.25) is 0 Å². The number of benzene rings is 6. The Morgan fingerprint density at radius 3 is 1.93 bits per heavy atom. The van der Waals surface area contributed by atoms with Gasteiger partial charge in [-0.05, 0) is 89.3 Å². The number of hydrogen-bond acceptors (Lipinski definition) is 1. The molecule has 8 rings (SSSR count). The molecule has 0 aliphatic heterocycles. The van der Waals surface area contributed by atoms with Crippen molar-refractivity contribution >= 4 is 44.0 Å². The van der Waals surface area contributed by atoms with E-state index < -0.39 is 0 Å². The molecule has 7 aromatic rings. The van der Waals surface area contributed by atoms with Gasteiger partial charge in [-0.25, -0.2) is 0 Å². The number of rotatable bonds is 5. The van der Waals surface area contributed by atoms with Gasteiger partial charge in [0.2, 0.25) is 0 Å². The van der Waals surface area contributed by atoms with Gasteiger partial charge in [0, 0.05) is 33.5 Å². The van der Waals surface area contributed by atoms with Gasteiger partial charge < -0.3 is 9.47 Å². The third-order valence-electron chi connectivity index (χ3n) is 8.37. The second-order valence-corrected chi connectivity index (χ2v) is 10.9. The summed E-state index contributed by atoms with van der Waals surface area (Å²) in [7, 11) is 0. The molecule has 0 bridgehead atoms. The number of hydrogen-bond donors (Lipinski definition) is 0.